The number of carbonyl (C=O) groups is 2. The average molecular weight is 346 g/mol. The van der Waals surface area contributed by atoms with E-state index >= 15 is 0 Å². The maximum Gasteiger partial charge on any atom is 0.227 e. The third-order valence-electron chi connectivity index (χ3n) is 4.61. The summed E-state index contributed by atoms with van der Waals surface area (Å²) >= 11 is 0. The van der Waals surface area contributed by atoms with E-state index in [1.807, 2.05) is 48.5 Å². The number of anilines is 1. The van der Waals surface area contributed by atoms with E-state index in [2.05, 4.69) is 15.4 Å². The van der Waals surface area contributed by atoms with Gasteiger partial charge in [0.2, 0.25) is 5.91 Å². The number of ketones is 1. The van der Waals surface area contributed by atoms with Crippen LogP contribution in [0.1, 0.15) is 25.3 Å². The Balaban J connectivity index is 1.88. The van der Waals surface area contributed by atoms with Crippen molar-refractivity contribution in [3.8, 4) is 22.5 Å². The first-order valence-electron chi connectivity index (χ1n) is 8.53. The first-order valence-corrected chi connectivity index (χ1v) is 8.53. The highest BCUT2D eigenvalue weighted by Gasteiger charge is 2.27. The zero-order valence-electron chi connectivity index (χ0n) is 14.4. The fourth-order valence-electron chi connectivity index (χ4n) is 3.31. The molecule has 6 nitrogen and oxygen atoms in total. The van der Waals surface area contributed by atoms with Gasteiger partial charge in [-0.2, -0.15) is 0 Å². The molecule has 130 valence electrons. The summed E-state index contributed by atoms with van der Waals surface area (Å²) < 4.78 is 0. The zero-order chi connectivity index (χ0) is 18.1. The number of nitrogens with zero attached hydrogens (tertiary/aromatic N) is 3. The van der Waals surface area contributed by atoms with Crippen molar-refractivity contribution in [2.75, 3.05) is 4.90 Å². The van der Waals surface area contributed by atoms with E-state index in [9.17, 15) is 9.59 Å². The smallest absolute Gasteiger partial charge is 0.227 e. The van der Waals surface area contributed by atoms with Crippen molar-refractivity contribution in [2.45, 2.75) is 26.3 Å². The van der Waals surface area contributed by atoms with Gasteiger partial charge in [-0.05, 0) is 18.6 Å². The fourth-order valence-corrected chi connectivity index (χ4v) is 3.31. The van der Waals surface area contributed by atoms with Gasteiger partial charge in [-0.15, -0.1) is 5.10 Å². The number of H-pyrrole nitrogens is 1. The monoisotopic (exact) mass is 346 g/mol. The minimum atomic E-state index is -0.0746. The molecule has 0 saturated heterocycles. The maximum absolute atomic E-state index is 12.9. The lowest BCUT2D eigenvalue weighted by atomic mass is 9.95. The molecule has 1 amide bonds. The Morgan fingerprint density at radius 2 is 1.77 bits per heavy atom. The van der Waals surface area contributed by atoms with Crippen LogP contribution in [0, 0.1) is 0 Å². The molecule has 0 fully saturated rings. The number of benzene rings is 2. The van der Waals surface area contributed by atoms with Gasteiger partial charge in [-0.25, -0.2) is 0 Å². The molecular weight excluding hydrogens is 328 g/mol. The largest absolute Gasteiger partial charge is 0.307 e. The number of amides is 1. The lowest BCUT2D eigenvalue weighted by Gasteiger charge is -2.28. The number of hydrogen-bond acceptors (Lipinski definition) is 4. The van der Waals surface area contributed by atoms with Crippen LogP contribution in [0.5, 0.6) is 0 Å². The third kappa shape index (κ3) is 2.79. The van der Waals surface area contributed by atoms with E-state index in [0.717, 1.165) is 33.8 Å². The van der Waals surface area contributed by atoms with Gasteiger partial charge in [0.25, 0.3) is 0 Å². The van der Waals surface area contributed by atoms with Crippen LogP contribution >= 0.6 is 0 Å². The maximum atomic E-state index is 12.9. The molecule has 2 heterocycles. The number of para-hydroxylation sites is 1. The molecule has 2 aromatic carbocycles. The first kappa shape index (κ1) is 16.2. The summed E-state index contributed by atoms with van der Waals surface area (Å²) in [5, 5.41) is 11.3. The Morgan fingerprint density at radius 3 is 2.58 bits per heavy atom. The molecule has 1 aromatic heterocycles. The second-order valence-corrected chi connectivity index (χ2v) is 6.39. The molecule has 4 rings (SSSR count). The number of aromatic amines is 1. The molecule has 6 heteroatoms. The van der Waals surface area contributed by atoms with Crippen molar-refractivity contribution in [3.63, 3.8) is 0 Å². The van der Waals surface area contributed by atoms with E-state index in [1.54, 1.807) is 4.90 Å². The standard InChI is InChI=1S/C20H18N4O2/c1-13(25)10-11-18(26)24-12-14-6-2-3-7-15(14)19-20(22-23-21-19)16-8-4-5-9-17(16)24/h2-9H,10-12H2,1H3,(H,21,22,23). The number of Topliss-reactive ketones (excluding diaryl/α,β-unsaturated/α-hetero) is 1. The Morgan fingerprint density at radius 1 is 1.04 bits per heavy atom. The van der Waals surface area contributed by atoms with Crippen LogP contribution in [0.15, 0.2) is 48.5 Å². The quantitative estimate of drug-likeness (QED) is 0.789. The number of carbonyl (C=O) groups excluding carboxylic acids is 2. The molecule has 1 aliphatic rings. The van der Waals surface area contributed by atoms with Crippen molar-refractivity contribution in [3.05, 3.63) is 54.1 Å². The van der Waals surface area contributed by atoms with Crippen molar-refractivity contribution in [1.82, 2.24) is 15.4 Å². The molecule has 3 aromatic rings. The van der Waals surface area contributed by atoms with E-state index in [1.165, 1.54) is 6.92 Å². The van der Waals surface area contributed by atoms with Crippen molar-refractivity contribution in [1.29, 1.82) is 0 Å². The summed E-state index contributed by atoms with van der Waals surface area (Å²) in [5.74, 6) is -0.0627. The number of aromatic nitrogens is 3. The predicted molar refractivity (Wildman–Crippen MR) is 98.4 cm³/mol. The number of nitrogens with one attached hydrogen (secondary N) is 1. The molecule has 0 radical (unpaired) electrons. The summed E-state index contributed by atoms with van der Waals surface area (Å²) in [6, 6.07) is 15.6. The molecule has 1 N–H and O–H groups in total. The van der Waals surface area contributed by atoms with Gasteiger partial charge in [-0.1, -0.05) is 47.7 Å². The van der Waals surface area contributed by atoms with Gasteiger partial charge in [0.1, 0.15) is 11.5 Å². The molecular formula is C20H18N4O2. The fraction of sp³-hybridized carbons (Fsp3) is 0.200. The average Bonchev–Trinajstić information content (AvgIpc) is 3.12. The summed E-state index contributed by atoms with van der Waals surface area (Å²) in [7, 11) is 0. The van der Waals surface area contributed by atoms with Crippen LogP contribution in [-0.4, -0.2) is 27.1 Å². The highest BCUT2D eigenvalue weighted by molar-refractivity contribution is 6.01. The van der Waals surface area contributed by atoms with E-state index in [4.69, 9.17) is 0 Å². The van der Waals surface area contributed by atoms with Crippen LogP contribution < -0.4 is 4.90 Å². The third-order valence-corrected chi connectivity index (χ3v) is 4.61. The minimum Gasteiger partial charge on any atom is -0.307 e. The van der Waals surface area contributed by atoms with Crippen LogP contribution in [0.2, 0.25) is 0 Å². The molecule has 0 spiro atoms. The molecule has 0 unspecified atom stereocenters. The van der Waals surface area contributed by atoms with Gasteiger partial charge in [0.05, 0.1) is 17.9 Å². The van der Waals surface area contributed by atoms with Gasteiger partial charge >= 0.3 is 0 Å². The van der Waals surface area contributed by atoms with Crippen molar-refractivity contribution < 1.29 is 9.59 Å². The van der Waals surface area contributed by atoms with Crippen LogP contribution in [0.3, 0.4) is 0 Å². The highest BCUT2D eigenvalue weighted by Crippen LogP contribution is 2.39. The van der Waals surface area contributed by atoms with Gasteiger partial charge in [0.15, 0.2) is 0 Å². The minimum absolute atomic E-state index is 0.0119. The predicted octanol–water partition coefficient (Wildman–Crippen LogP) is 3.35. The summed E-state index contributed by atoms with van der Waals surface area (Å²) in [6.45, 7) is 1.94. The molecule has 1 aliphatic heterocycles. The Kier molecular flexibility index (Phi) is 4.08. The van der Waals surface area contributed by atoms with Gasteiger partial charge < -0.3 is 9.69 Å². The number of hydrogen-bond donors (Lipinski definition) is 1. The zero-order valence-corrected chi connectivity index (χ0v) is 14.4. The van der Waals surface area contributed by atoms with Gasteiger partial charge in [-0.3, -0.25) is 9.89 Å². The summed E-state index contributed by atoms with van der Waals surface area (Å²) in [5.41, 5.74) is 5.19. The van der Waals surface area contributed by atoms with Gasteiger partial charge in [0, 0.05) is 24.0 Å². The Labute approximate surface area is 150 Å². The SMILES string of the molecule is CC(=O)CCC(=O)N1Cc2ccccc2-c2[nH]nnc2-c2ccccc21. The van der Waals surface area contributed by atoms with E-state index in [0.29, 0.717) is 6.54 Å². The van der Waals surface area contributed by atoms with Crippen LogP contribution in [0.4, 0.5) is 5.69 Å². The lowest BCUT2D eigenvalue weighted by Crippen LogP contribution is -2.31. The van der Waals surface area contributed by atoms with E-state index in [-0.39, 0.29) is 24.5 Å². The normalized spacial score (nSPS) is 12.4. The van der Waals surface area contributed by atoms with Crippen molar-refractivity contribution in [2.24, 2.45) is 0 Å². The topological polar surface area (TPSA) is 79.0 Å². The second kappa shape index (κ2) is 6.55. The summed E-state index contributed by atoms with van der Waals surface area (Å²) in [4.78, 5) is 26.0. The van der Waals surface area contributed by atoms with Crippen LogP contribution in [-0.2, 0) is 16.1 Å². The number of rotatable bonds is 3. The van der Waals surface area contributed by atoms with Crippen molar-refractivity contribution >= 4 is 17.4 Å². The molecule has 0 bridgehead atoms. The molecule has 0 atom stereocenters. The number of fused-ring (bicyclic) bond motifs is 5. The Hall–Kier alpha value is -3.28. The molecule has 0 saturated carbocycles. The lowest BCUT2D eigenvalue weighted by molar-refractivity contribution is -0.123. The first-order chi connectivity index (χ1) is 12.6. The van der Waals surface area contributed by atoms with Crippen LogP contribution in [0.25, 0.3) is 22.5 Å². The summed E-state index contributed by atoms with van der Waals surface area (Å²) in [6.07, 6.45) is 0.436. The second-order valence-electron chi connectivity index (χ2n) is 6.39. The van der Waals surface area contributed by atoms with E-state index < -0.39 is 0 Å². The Bertz CT molecular complexity index is 993. The molecule has 0 aliphatic carbocycles. The molecule has 26 heavy (non-hydrogen) atoms. The highest BCUT2D eigenvalue weighted by atomic mass is 16.2.